The summed E-state index contributed by atoms with van der Waals surface area (Å²) in [5.74, 6) is 0.0490. The Balaban J connectivity index is 0.00000245. The highest BCUT2D eigenvalue weighted by Crippen LogP contribution is 2.37. The van der Waals surface area contributed by atoms with Crippen LogP contribution in [0.4, 0.5) is 5.95 Å². The largest absolute Gasteiger partial charge is 0.462 e. The monoisotopic (exact) mass is 454 g/mol. The summed E-state index contributed by atoms with van der Waals surface area (Å²) < 4.78 is 33.2. The van der Waals surface area contributed by atoms with Crippen molar-refractivity contribution in [1.29, 1.82) is 0 Å². The van der Waals surface area contributed by atoms with Crippen molar-refractivity contribution in [3.05, 3.63) is 60.4 Å². The van der Waals surface area contributed by atoms with Crippen molar-refractivity contribution in [1.82, 2.24) is 14.3 Å². The highest BCUT2D eigenvalue weighted by Gasteiger charge is 2.49. The first kappa shape index (κ1) is 22.2. The lowest BCUT2D eigenvalue weighted by Crippen LogP contribution is -2.49. The maximum atomic E-state index is 13.3. The third-order valence-electron chi connectivity index (χ3n) is 5.92. The molecule has 0 spiro atoms. The minimum Gasteiger partial charge on any atom is -0.462 e. The van der Waals surface area contributed by atoms with Gasteiger partial charge in [0, 0.05) is 37.6 Å². The summed E-state index contributed by atoms with van der Waals surface area (Å²) in [7, 11) is -3.59. The molecule has 5 rings (SSSR count). The number of ether oxygens (including phenoxy) is 1. The van der Waals surface area contributed by atoms with Crippen LogP contribution in [-0.4, -0.2) is 60.4 Å². The van der Waals surface area contributed by atoms with E-state index >= 15 is 0 Å². The highest BCUT2D eigenvalue weighted by molar-refractivity contribution is 7.89. The van der Waals surface area contributed by atoms with E-state index < -0.39 is 16.0 Å². The summed E-state index contributed by atoms with van der Waals surface area (Å²) in [6.45, 7) is 2.95. The van der Waals surface area contributed by atoms with Crippen molar-refractivity contribution in [3.8, 4) is 0 Å². The van der Waals surface area contributed by atoms with E-state index in [0.717, 1.165) is 17.2 Å². The molecule has 2 bridgehead atoms. The van der Waals surface area contributed by atoms with Gasteiger partial charge in [0.25, 0.3) is 0 Å². The van der Waals surface area contributed by atoms with Crippen LogP contribution >= 0.6 is 0 Å². The Morgan fingerprint density at radius 2 is 1.78 bits per heavy atom. The molecule has 8 nitrogen and oxygen atoms in total. The molecule has 2 saturated heterocycles. The van der Waals surface area contributed by atoms with Crippen molar-refractivity contribution < 1.29 is 17.9 Å². The third kappa shape index (κ3) is 3.71. The minimum absolute atomic E-state index is 0. The van der Waals surface area contributed by atoms with Gasteiger partial charge in [-0.15, -0.1) is 0 Å². The molecule has 2 fully saturated rings. The van der Waals surface area contributed by atoms with E-state index in [2.05, 4.69) is 9.97 Å². The fraction of sp³-hybridized carbons (Fsp3) is 0.348. The van der Waals surface area contributed by atoms with Gasteiger partial charge < -0.3 is 9.64 Å². The SMILES string of the molecule is C.CCOC(=O)c1cnc(N2C[C@H]3C[C@@H]2CN3S(=O)(=O)c2ccc3ccccc3c2)nc1. The van der Waals surface area contributed by atoms with E-state index in [1.54, 1.807) is 23.4 Å². The van der Waals surface area contributed by atoms with Gasteiger partial charge in [-0.05, 0) is 36.2 Å². The summed E-state index contributed by atoms with van der Waals surface area (Å²) in [6.07, 6.45) is 3.64. The zero-order valence-corrected chi connectivity index (χ0v) is 17.8. The maximum Gasteiger partial charge on any atom is 0.341 e. The van der Waals surface area contributed by atoms with Crippen LogP contribution in [0.15, 0.2) is 59.8 Å². The number of piperazine rings is 1. The quantitative estimate of drug-likeness (QED) is 0.547. The molecule has 3 aromatic rings. The average Bonchev–Trinajstić information content (AvgIpc) is 3.41. The lowest BCUT2D eigenvalue weighted by Gasteiger charge is -2.33. The molecule has 0 radical (unpaired) electrons. The zero-order chi connectivity index (χ0) is 21.6. The Labute approximate surface area is 187 Å². The van der Waals surface area contributed by atoms with E-state index in [9.17, 15) is 13.2 Å². The Morgan fingerprint density at radius 3 is 2.44 bits per heavy atom. The van der Waals surface area contributed by atoms with Crippen molar-refractivity contribution in [2.24, 2.45) is 0 Å². The first-order chi connectivity index (χ1) is 15.0. The molecule has 1 aromatic heterocycles. The first-order valence-corrected chi connectivity index (χ1v) is 11.7. The van der Waals surface area contributed by atoms with Crippen LogP contribution in [0.5, 0.6) is 0 Å². The van der Waals surface area contributed by atoms with Crippen molar-refractivity contribution in [2.75, 3.05) is 24.6 Å². The lowest BCUT2D eigenvalue weighted by molar-refractivity contribution is 0.0525. The molecule has 0 aliphatic carbocycles. The lowest BCUT2D eigenvalue weighted by atomic mass is 10.1. The number of fused-ring (bicyclic) bond motifs is 3. The molecule has 2 aromatic carbocycles. The Hall–Kier alpha value is -3.04. The number of hydrogen-bond donors (Lipinski definition) is 0. The summed E-state index contributed by atoms with van der Waals surface area (Å²) in [4.78, 5) is 22.7. The van der Waals surface area contributed by atoms with Gasteiger partial charge in [-0.25, -0.2) is 23.2 Å². The van der Waals surface area contributed by atoms with E-state index in [0.29, 0.717) is 29.5 Å². The molecule has 0 unspecified atom stereocenters. The molecule has 3 heterocycles. The van der Waals surface area contributed by atoms with Gasteiger partial charge in [-0.2, -0.15) is 4.31 Å². The number of carbonyl (C=O) groups is 1. The summed E-state index contributed by atoms with van der Waals surface area (Å²) >= 11 is 0. The molecule has 168 valence electrons. The van der Waals surface area contributed by atoms with Crippen molar-refractivity contribution in [2.45, 2.75) is 37.8 Å². The molecular weight excluding hydrogens is 428 g/mol. The third-order valence-corrected chi connectivity index (χ3v) is 7.84. The molecule has 9 heteroatoms. The summed E-state index contributed by atoms with van der Waals surface area (Å²) in [6, 6.07) is 12.9. The van der Waals surface area contributed by atoms with Gasteiger partial charge in [-0.1, -0.05) is 37.8 Å². The van der Waals surface area contributed by atoms with Crippen LogP contribution in [0.1, 0.15) is 31.1 Å². The zero-order valence-electron chi connectivity index (χ0n) is 17.0. The standard InChI is InChI=1S/C22H22N4O4S.CH4/c1-2-30-21(27)17-11-23-22(24-12-17)25-13-19-10-18(25)14-26(19)31(28,29)20-8-7-15-5-3-4-6-16(15)9-20;/h3-9,11-12,18-19H,2,10,13-14H2,1H3;1H4/t18-,19-;/m1./s1. The van der Waals surface area contributed by atoms with Crippen molar-refractivity contribution in [3.63, 3.8) is 0 Å². The predicted molar refractivity (Wildman–Crippen MR) is 122 cm³/mol. The average molecular weight is 455 g/mol. The fourth-order valence-electron chi connectivity index (χ4n) is 4.42. The van der Waals surface area contributed by atoms with Crippen LogP contribution < -0.4 is 4.90 Å². The molecule has 2 atom stereocenters. The second-order valence-electron chi connectivity index (χ2n) is 7.77. The molecule has 32 heavy (non-hydrogen) atoms. The number of aromatic nitrogens is 2. The first-order valence-electron chi connectivity index (χ1n) is 10.2. The van der Waals surface area contributed by atoms with Crippen LogP contribution in [0, 0.1) is 0 Å². The van der Waals surface area contributed by atoms with Crippen molar-refractivity contribution >= 4 is 32.7 Å². The van der Waals surface area contributed by atoms with Gasteiger partial charge in [0.2, 0.25) is 16.0 Å². The number of carbonyl (C=O) groups excluding carboxylic acids is 1. The molecule has 0 amide bonds. The molecule has 2 aliphatic rings. The number of hydrogen-bond acceptors (Lipinski definition) is 7. The van der Waals surface area contributed by atoms with Crippen LogP contribution in [0.3, 0.4) is 0 Å². The molecule has 0 saturated carbocycles. The maximum absolute atomic E-state index is 13.3. The van der Waals surface area contributed by atoms with Gasteiger partial charge >= 0.3 is 5.97 Å². The number of benzene rings is 2. The molecular formula is C23H26N4O4S. The fourth-order valence-corrected chi connectivity index (χ4v) is 6.12. The van der Waals surface area contributed by atoms with Crippen LogP contribution in [-0.2, 0) is 14.8 Å². The van der Waals surface area contributed by atoms with Gasteiger partial charge in [0.1, 0.15) is 0 Å². The Kier molecular flexibility index (Phi) is 5.87. The minimum atomic E-state index is -3.59. The number of esters is 1. The van der Waals surface area contributed by atoms with Crippen LogP contribution in [0.25, 0.3) is 10.8 Å². The van der Waals surface area contributed by atoms with Crippen LogP contribution in [0.2, 0.25) is 0 Å². The van der Waals surface area contributed by atoms with E-state index in [1.165, 1.54) is 12.4 Å². The molecule has 0 N–H and O–H groups in total. The smallest absolute Gasteiger partial charge is 0.341 e. The number of anilines is 1. The van der Waals surface area contributed by atoms with E-state index in [1.807, 2.05) is 35.2 Å². The van der Waals surface area contributed by atoms with E-state index in [-0.39, 0.29) is 26.1 Å². The van der Waals surface area contributed by atoms with E-state index in [4.69, 9.17) is 4.74 Å². The Morgan fingerprint density at radius 1 is 1.06 bits per heavy atom. The highest BCUT2D eigenvalue weighted by atomic mass is 32.2. The predicted octanol–water partition coefficient (Wildman–Crippen LogP) is 3.09. The number of sulfonamides is 1. The van der Waals surface area contributed by atoms with Gasteiger partial charge in [-0.3, -0.25) is 0 Å². The normalized spacial score (nSPS) is 20.3. The number of nitrogens with zero attached hydrogens (tertiary/aromatic N) is 4. The second-order valence-corrected chi connectivity index (χ2v) is 9.66. The second kappa shape index (κ2) is 8.48. The van der Waals surface area contributed by atoms with Gasteiger partial charge in [0.15, 0.2) is 0 Å². The summed E-state index contributed by atoms with van der Waals surface area (Å²) in [5.41, 5.74) is 0.301. The Bertz CT molecular complexity index is 1250. The number of rotatable bonds is 5. The topological polar surface area (TPSA) is 92.7 Å². The molecule has 2 aliphatic heterocycles. The van der Waals surface area contributed by atoms with Gasteiger partial charge in [0.05, 0.1) is 17.1 Å². The summed E-state index contributed by atoms with van der Waals surface area (Å²) in [5, 5.41) is 1.92.